The number of carbonyl (C=O) groups excluding carboxylic acids is 2. The first kappa shape index (κ1) is 18.4. The molecule has 0 saturated carbocycles. The van der Waals surface area contributed by atoms with Gasteiger partial charge >= 0.3 is 0 Å². The van der Waals surface area contributed by atoms with Crippen molar-refractivity contribution in [2.24, 2.45) is 5.73 Å². The number of hydrogen-bond acceptors (Lipinski definition) is 3. The van der Waals surface area contributed by atoms with E-state index in [0.29, 0.717) is 17.8 Å². The SMILES string of the molecule is CCCC(C)(N)C(=O)Nc1ccc(NC(C)=O)cc1.Cl. The maximum atomic E-state index is 12.0. The minimum absolute atomic E-state index is 0. The minimum Gasteiger partial charge on any atom is -0.326 e. The number of nitrogens with one attached hydrogen (secondary N) is 2. The summed E-state index contributed by atoms with van der Waals surface area (Å²) in [6, 6.07) is 6.91. The Morgan fingerprint density at radius 3 is 2.00 bits per heavy atom. The molecule has 0 aliphatic heterocycles. The Labute approximate surface area is 125 Å². The molecule has 1 unspecified atom stereocenters. The summed E-state index contributed by atoms with van der Waals surface area (Å²) in [7, 11) is 0. The molecule has 4 N–H and O–H groups in total. The van der Waals surface area contributed by atoms with E-state index in [2.05, 4.69) is 10.6 Å². The standard InChI is InChI=1S/C14H21N3O2.ClH/c1-4-9-14(3,15)13(19)17-12-7-5-11(6-8-12)16-10(2)18;/h5-8H,4,9,15H2,1-3H3,(H,16,18)(H,17,19);1H. The number of rotatable bonds is 5. The highest BCUT2D eigenvalue weighted by Gasteiger charge is 2.26. The van der Waals surface area contributed by atoms with E-state index in [4.69, 9.17) is 5.73 Å². The van der Waals surface area contributed by atoms with Gasteiger partial charge in [-0.25, -0.2) is 0 Å². The fraction of sp³-hybridized carbons (Fsp3) is 0.429. The van der Waals surface area contributed by atoms with Crippen molar-refractivity contribution in [3.8, 4) is 0 Å². The largest absolute Gasteiger partial charge is 0.326 e. The lowest BCUT2D eigenvalue weighted by molar-refractivity contribution is -0.120. The molecular weight excluding hydrogens is 278 g/mol. The van der Waals surface area contributed by atoms with Gasteiger partial charge in [-0.1, -0.05) is 13.3 Å². The van der Waals surface area contributed by atoms with Crippen LogP contribution in [0, 0.1) is 0 Å². The first-order valence-corrected chi connectivity index (χ1v) is 6.33. The summed E-state index contributed by atoms with van der Waals surface area (Å²) < 4.78 is 0. The van der Waals surface area contributed by atoms with Crippen LogP contribution in [0.3, 0.4) is 0 Å². The lowest BCUT2D eigenvalue weighted by atomic mass is 9.96. The third-order valence-corrected chi connectivity index (χ3v) is 2.75. The summed E-state index contributed by atoms with van der Waals surface area (Å²) in [5.41, 5.74) is 6.42. The molecule has 0 heterocycles. The number of halogens is 1. The molecule has 1 atom stereocenters. The molecule has 0 saturated heterocycles. The summed E-state index contributed by atoms with van der Waals surface area (Å²) >= 11 is 0. The number of amides is 2. The predicted octanol–water partition coefficient (Wildman–Crippen LogP) is 2.52. The predicted molar refractivity (Wildman–Crippen MR) is 84.1 cm³/mol. The minimum atomic E-state index is -0.870. The zero-order chi connectivity index (χ0) is 14.5. The highest BCUT2D eigenvalue weighted by molar-refractivity contribution is 5.98. The van der Waals surface area contributed by atoms with Gasteiger partial charge in [-0.05, 0) is 37.6 Å². The van der Waals surface area contributed by atoms with Crippen LogP contribution < -0.4 is 16.4 Å². The maximum absolute atomic E-state index is 12.0. The van der Waals surface area contributed by atoms with Crippen LogP contribution in [0.4, 0.5) is 11.4 Å². The van der Waals surface area contributed by atoms with Gasteiger partial charge in [0.25, 0.3) is 0 Å². The van der Waals surface area contributed by atoms with Gasteiger partial charge in [0.15, 0.2) is 0 Å². The van der Waals surface area contributed by atoms with Crippen LogP contribution in [0.15, 0.2) is 24.3 Å². The van der Waals surface area contributed by atoms with Crippen LogP contribution >= 0.6 is 12.4 Å². The molecule has 6 heteroatoms. The number of benzene rings is 1. The molecule has 1 aromatic rings. The van der Waals surface area contributed by atoms with Gasteiger partial charge in [-0.2, -0.15) is 0 Å². The first-order chi connectivity index (χ1) is 8.85. The van der Waals surface area contributed by atoms with Gasteiger partial charge in [0, 0.05) is 18.3 Å². The molecule has 0 aliphatic rings. The van der Waals surface area contributed by atoms with E-state index in [-0.39, 0.29) is 24.2 Å². The smallest absolute Gasteiger partial charge is 0.244 e. The van der Waals surface area contributed by atoms with Crippen molar-refractivity contribution in [1.29, 1.82) is 0 Å². The molecule has 5 nitrogen and oxygen atoms in total. The normalized spacial score (nSPS) is 12.8. The van der Waals surface area contributed by atoms with Gasteiger partial charge in [-0.15, -0.1) is 12.4 Å². The van der Waals surface area contributed by atoms with Crippen LogP contribution in [-0.2, 0) is 9.59 Å². The third-order valence-electron chi connectivity index (χ3n) is 2.75. The Hall–Kier alpha value is -1.59. The van der Waals surface area contributed by atoms with Crippen LogP contribution in [-0.4, -0.2) is 17.4 Å². The van der Waals surface area contributed by atoms with E-state index in [1.165, 1.54) is 6.92 Å². The summed E-state index contributed by atoms with van der Waals surface area (Å²) in [5, 5.41) is 5.43. The summed E-state index contributed by atoms with van der Waals surface area (Å²) in [5.74, 6) is -0.337. The van der Waals surface area contributed by atoms with E-state index in [1.54, 1.807) is 31.2 Å². The van der Waals surface area contributed by atoms with Crippen LogP contribution in [0.5, 0.6) is 0 Å². The van der Waals surface area contributed by atoms with E-state index < -0.39 is 5.54 Å². The van der Waals surface area contributed by atoms with Gasteiger partial charge < -0.3 is 16.4 Å². The van der Waals surface area contributed by atoms with Crippen LogP contribution in [0.2, 0.25) is 0 Å². The Morgan fingerprint density at radius 1 is 1.15 bits per heavy atom. The fourth-order valence-electron chi connectivity index (χ4n) is 1.75. The molecular formula is C14H22ClN3O2. The molecule has 0 fully saturated rings. The Bertz CT molecular complexity index is 458. The summed E-state index contributed by atoms with van der Waals surface area (Å²) in [6.07, 6.45) is 1.48. The molecule has 112 valence electrons. The van der Waals surface area contributed by atoms with E-state index in [1.807, 2.05) is 6.92 Å². The first-order valence-electron chi connectivity index (χ1n) is 6.33. The summed E-state index contributed by atoms with van der Waals surface area (Å²) in [4.78, 5) is 22.9. The van der Waals surface area contributed by atoms with Crippen molar-refractivity contribution in [3.63, 3.8) is 0 Å². The van der Waals surface area contributed by atoms with Crippen molar-refractivity contribution in [3.05, 3.63) is 24.3 Å². The fourth-order valence-corrected chi connectivity index (χ4v) is 1.75. The zero-order valence-electron chi connectivity index (χ0n) is 12.0. The Morgan fingerprint density at radius 2 is 1.60 bits per heavy atom. The van der Waals surface area contributed by atoms with Crippen molar-refractivity contribution < 1.29 is 9.59 Å². The zero-order valence-corrected chi connectivity index (χ0v) is 12.8. The highest BCUT2D eigenvalue weighted by atomic mass is 35.5. The second kappa shape index (κ2) is 7.87. The second-order valence-electron chi connectivity index (χ2n) is 4.88. The van der Waals surface area contributed by atoms with E-state index in [0.717, 1.165) is 6.42 Å². The Balaban J connectivity index is 0.00000361. The average Bonchev–Trinajstić information content (AvgIpc) is 2.30. The molecule has 0 aliphatic carbocycles. The Kier molecular flexibility index (Phi) is 7.24. The maximum Gasteiger partial charge on any atom is 0.244 e. The molecule has 0 aromatic heterocycles. The quantitative estimate of drug-likeness (QED) is 0.781. The monoisotopic (exact) mass is 299 g/mol. The number of nitrogens with two attached hydrogens (primary N) is 1. The highest BCUT2D eigenvalue weighted by Crippen LogP contribution is 2.16. The molecule has 0 bridgehead atoms. The topological polar surface area (TPSA) is 84.2 Å². The van der Waals surface area contributed by atoms with Crippen molar-refractivity contribution in [2.75, 3.05) is 10.6 Å². The molecule has 1 aromatic carbocycles. The summed E-state index contributed by atoms with van der Waals surface area (Å²) in [6.45, 7) is 5.15. The number of hydrogen-bond donors (Lipinski definition) is 3. The third kappa shape index (κ3) is 5.59. The lowest BCUT2D eigenvalue weighted by Gasteiger charge is -2.22. The number of anilines is 2. The van der Waals surface area contributed by atoms with Crippen LogP contribution in [0.25, 0.3) is 0 Å². The molecule has 20 heavy (non-hydrogen) atoms. The molecule has 1 rings (SSSR count). The average molecular weight is 300 g/mol. The molecule has 0 spiro atoms. The van der Waals surface area contributed by atoms with E-state index >= 15 is 0 Å². The lowest BCUT2D eigenvalue weighted by Crippen LogP contribution is -2.48. The van der Waals surface area contributed by atoms with Crippen molar-refractivity contribution in [2.45, 2.75) is 39.2 Å². The van der Waals surface area contributed by atoms with Crippen molar-refractivity contribution in [1.82, 2.24) is 0 Å². The number of carbonyl (C=O) groups is 2. The molecule has 2 amide bonds. The van der Waals surface area contributed by atoms with Gasteiger partial charge in [-0.3, -0.25) is 9.59 Å². The van der Waals surface area contributed by atoms with E-state index in [9.17, 15) is 9.59 Å². The molecule has 0 radical (unpaired) electrons. The van der Waals surface area contributed by atoms with Gasteiger partial charge in [0.1, 0.15) is 0 Å². The van der Waals surface area contributed by atoms with Crippen LogP contribution in [0.1, 0.15) is 33.6 Å². The van der Waals surface area contributed by atoms with Gasteiger partial charge in [0.05, 0.1) is 5.54 Å². The second-order valence-corrected chi connectivity index (χ2v) is 4.88. The van der Waals surface area contributed by atoms with Crippen molar-refractivity contribution >= 4 is 35.6 Å². The van der Waals surface area contributed by atoms with Gasteiger partial charge in [0.2, 0.25) is 11.8 Å².